The highest BCUT2D eigenvalue weighted by Crippen LogP contribution is 2.21. The Labute approximate surface area is 117 Å². The van der Waals surface area contributed by atoms with Gasteiger partial charge < -0.3 is 4.90 Å². The number of amides is 1. The van der Waals surface area contributed by atoms with Crippen molar-refractivity contribution < 1.29 is 4.79 Å². The van der Waals surface area contributed by atoms with Crippen molar-refractivity contribution in [3.63, 3.8) is 0 Å². The largest absolute Gasteiger partial charge is 0.335 e. The van der Waals surface area contributed by atoms with E-state index in [0.717, 1.165) is 10.0 Å². The van der Waals surface area contributed by atoms with Crippen LogP contribution in [0.3, 0.4) is 0 Å². The van der Waals surface area contributed by atoms with Gasteiger partial charge in [-0.1, -0.05) is 6.07 Å². The topological polar surface area (TPSA) is 44.1 Å². The normalized spacial score (nSPS) is 10.2. The van der Waals surface area contributed by atoms with E-state index in [2.05, 4.69) is 22.0 Å². The van der Waals surface area contributed by atoms with Crippen LogP contribution in [-0.4, -0.2) is 23.4 Å². The predicted octanol–water partition coefficient (Wildman–Crippen LogP) is 3.52. The van der Waals surface area contributed by atoms with Gasteiger partial charge in [-0.25, -0.2) is 0 Å². The third-order valence-corrected chi connectivity index (χ3v) is 3.36. The van der Waals surface area contributed by atoms with Crippen LogP contribution in [0.2, 0.25) is 0 Å². The Morgan fingerprint density at radius 3 is 2.67 bits per heavy atom. The molecule has 1 amide bonds. The number of aryl methyl sites for hydroxylation is 1. The summed E-state index contributed by atoms with van der Waals surface area (Å²) in [5, 5.41) is 8.64. The van der Waals surface area contributed by atoms with Crippen molar-refractivity contribution in [1.29, 1.82) is 5.26 Å². The van der Waals surface area contributed by atoms with Crippen molar-refractivity contribution >= 4 is 21.8 Å². The molecule has 0 atom stereocenters. The predicted molar refractivity (Wildman–Crippen MR) is 75.3 cm³/mol. The van der Waals surface area contributed by atoms with Crippen LogP contribution in [0.1, 0.15) is 36.2 Å². The van der Waals surface area contributed by atoms with Crippen LogP contribution in [0.25, 0.3) is 0 Å². The number of hydrogen-bond donors (Lipinski definition) is 0. The molecule has 0 heterocycles. The van der Waals surface area contributed by atoms with Crippen LogP contribution < -0.4 is 0 Å². The van der Waals surface area contributed by atoms with E-state index in [1.807, 2.05) is 39.0 Å². The molecule has 0 aliphatic carbocycles. The van der Waals surface area contributed by atoms with Crippen LogP contribution in [0.15, 0.2) is 22.7 Å². The third-order valence-electron chi connectivity index (χ3n) is 2.70. The molecule has 96 valence electrons. The number of carbonyl (C=O) groups is 1. The lowest BCUT2D eigenvalue weighted by atomic mass is 10.1. The number of carbonyl (C=O) groups excluding carboxylic acids is 1. The van der Waals surface area contributed by atoms with Crippen molar-refractivity contribution in [2.75, 3.05) is 6.54 Å². The summed E-state index contributed by atoms with van der Waals surface area (Å²) in [7, 11) is 0. The summed E-state index contributed by atoms with van der Waals surface area (Å²) in [6.07, 6.45) is 0.355. The lowest BCUT2D eigenvalue weighted by molar-refractivity contribution is 0.0709. The molecule has 0 aromatic heterocycles. The van der Waals surface area contributed by atoms with Crippen LogP contribution in [0, 0.1) is 18.3 Å². The van der Waals surface area contributed by atoms with Gasteiger partial charge in [-0.3, -0.25) is 4.79 Å². The van der Waals surface area contributed by atoms with Gasteiger partial charge in [0.15, 0.2) is 0 Å². The van der Waals surface area contributed by atoms with Gasteiger partial charge in [0.1, 0.15) is 0 Å². The summed E-state index contributed by atoms with van der Waals surface area (Å²) in [6, 6.07) is 7.83. The van der Waals surface area contributed by atoms with Gasteiger partial charge in [0.05, 0.1) is 18.1 Å². The smallest absolute Gasteiger partial charge is 0.255 e. The third kappa shape index (κ3) is 3.58. The lowest BCUT2D eigenvalue weighted by Gasteiger charge is -2.26. The Morgan fingerprint density at radius 1 is 1.50 bits per heavy atom. The van der Waals surface area contributed by atoms with E-state index >= 15 is 0 Å². The van der Waals surface area contributed by atoms with E-state index in [4.69, 9.17) is 5.26 Å². The van der Waals surface area contributed by atoms with E-state index < -0.39 is 0 Å². The van der Waals surface area contributed by atoms with Gasteiger partial charge in [-0.2, -0.15) is 5.26 Å². The molecule has 0 aliphatic rings. The van der Waals surface area contributed by atoms with E-state index in [0.29, 0.717) is 18.5 Å². The summed E-state index contributed by atoms with van der Waals surface area (Å²) < 4.78 is 0.801. The molecule has 0 N–H and O–H groups in total. The fraction of sp³-hybridized carbons (Fsp3) is 0.429. The molecule has 0 bridgehead atoms. The summed E-state index contributed by atoms with van der Waals surface area (Å²) in [4.78, 5) is 14.1. The van der Waals surface area contributed by atoms with Gasteiger partial charge in [0.25, 0.3) is 5.91 Å². The number of halogens is 1. The molecule has 0 fully saturated rings. The standard InChI is InChI=1S/C14H17BrN2O/c1-10(2)17(8-4-7-16)14(18)12-6-5-11(3)9-13(12)15/h5-6,9-10H,4,8H2,1-3H3. The van der Waals surface area contributed by atoms with Crippen molar-refractivity contribution in [3.8, 4) is 6.07 Å². The highest BCUT2D eigenvalue weighted by Gasteiger charge is 2.20. The van der Waals surface area contributed by atoms with Gasteiger partial charge in [-0.15, -0.1) is 0 Å². The van der Waals surface area contributed by atoms with Gasteiger partial charge >= 0.3 is 0 Å². The molecule has 1 aromatic carbocycles. The molecule has 0 unspecified atom stereocenters. The summed E-state index contributed by atoms with van der Waals surface area (Å²) in [5.74, 6) is -0.0351. The number of hydrogen-bond acceptors (Lipinski definition) is 2. The number of nitriles is 1. The van der Waals surface area contributed by atoms with Crippen LogP contribution in [0.4, 0.5) is 0 Å². The van der Waals surface area contributed by atoms with Crippen molar-refractivity contribution in [1.82, 2.24) is 4.90 Å². The summed E-state index contributed by atoms with van der Waals surface area (Å²) in [5.41, 5.74) is 1.75. The monoisotopic (exact) mass is 308 g/mol. The number of benzene rings is 1. The fourth-order valence-corrected chi connectivity index (χ4v) is 2.38. The van der Waals surface area contributed by atoms with Gasteiger partial charge in [0.2, 0.25) is 0 Å². The maximum atomic E-state index is 12.4. The Bertz CT molecular complexity index is 477. The minimum Gasteiger partial charge on any atom is -0.335 e. The quantitative estimate of drug-likeness (QED) is 0.854. The molecule has 1 aromatic rings. The molecule has 1 rings (SSSR count). The van der Waals surface area contributed by atoms with Crippen molar-refractivity contribution in [2.45, 2.75) is 33.2 Å². The zero-order valence-electron chi connectivity index (χ0n) is 10.9. The molecule has 3 nitrogen and oxygen atoms in total. The highest BCUT2D eigenvalue weighted by molar-refractivity contribution is 9.10. The van der Waals surface area contributed by atoms with E-state index in [1.54, 1.807) is 4.90 Å². The van der Waals surface area contributed by atoms with Gasteiger partial charge in [-0.05, 0) is 54.4 Å². The minimum absolute atomic E-state index is 0.0351. The molecular weight excluding hydrogens is 292 g/mol. The Balaban J connectivity index is 2.99. The summed E-state index contributed by atoms with van der Waals surface area (Å²) >= 11 is 3.42. The van der Waals surface area contributed by atoms with Gasteiger partial charge in [0, 0.05) is 17.1 Å². The Hall–Kier alpha value is -1.34. The fourth-order valence-electron chi connectivity index (χ4n) is 1.71. The second-order valence-electron chi connectivity index (χ2n) is 4.48. The summed E-state index contributed by atoms with van der Waals surface area (Å²) in [6.45, 7) is 6.36. The zero-order chi connectivity index (χ0) is 13.7. The van der Waals surface area contributed by atoms with E-state index in [-0.39, 0.29) is 11.9 Å². The SMILES string of the molecule is Cc1ccc(C(=O)N(CCC#N)C(C)C)c(Br)c1. The average Bonchev–Trinajstić information content (AvgIpc) is 2.28. The van der Waals surface area contributed by atoms with Crippen LogP contribution in [0.5, 0.6) is 0 Å². The molecular formula is C14H17BrN2O. The second-order valence-corrected chi connectivity index (χ2v) is 5.34. The maximum absolute atomic E-state index is 12.4. The molecule has 0 saturated carbocycles. The molecule has 18 heavy (non-hydrogen) atoms. The zero-order valence-corrected chi connectivity index (χ0v) is 12.5. The molecule has 0 spiro atoms. The number of nitrogens with zero attached hydrogens (tertiary/aromatic N) is 2. The Kier molecular flexibility index (Phi) is 5.36. The van der Waals surface area contributed by atoms with Crippen molar-refractivity contribution in [2.24, 2.45) is 0 Å². The highest BCUT2D eigenvalue weighted by atomic mass is 79.9. The first-order chi connectivity index (χ1) is 8.47. The molecule has 0 aliphatic heterocycles. The number of rotatable bonds is 4. The lowest BCUT2D eigenvalue weighted by Crippen LogP contribution is -2.37. The molecule has 0 radical (unpaired) electrons. The minimum atomic E-state index is -0.0351. The molecule has 0 saturated heterocycles. The van der Waals surface area contributed by atoms with Crippen LogP contribution in [-0.2, 0) is 0 Å². The first-order valence-electron chi connectivity index (χ1n) is 5.91. The Morgan fingerprint density at radius 2 is 2.17 bits per heavy atom. The van der Waals surface area contributed by atoms with Crippen LogP contribution >= 0.6 is 15.9 Å². The average molecular weight is 309 g/mol. The van der Waals surface area contributed by atoms with Crippen molar-refractivity contribution in [3.05, 3.63) is 33.8 Å². The van der Waals surface area contributed by atoms with E-state index in [9.17, 15) is 4.79 Å². The first kappa shape index (κ1) is 14.7. The molecule has 4 heteroatoms. The van der Waals surface area contributed by atoms with E-state index in [1.165, 1.54) is 0 Å². The second kappa shape index (κ2) is 6.55. The maximum Gasteiger partial charge on any atom is 0.255 e. The first-order valence-corrected chi connectivity index (χ1v) is 6.70.